The molecule has 94 valence electrons. The van der Waals surface area contributed by atoms with Crippen molar-refractivity contribution in [2.75, 3.05) is 6.54 Å². The second kappa shape index (κ2) is 5.97. The van der Waals surface area contributed by atoms with Gasteiger partial charge in [0.15, 0.2) is 0 Å². The van der Waals surface area contributed by atoms with E-state index in [1.54, 1.807) is 13.8 Å². The maximum Gasteiger partial charge on any atom is 0.303 e. The van der Waals surface area contributed by atoms with Crippen LogP contribution in [0.2, 0.25) is 0 Å². The van der Waals surface area contributed by atoms with Crippen molar-refractivity contribution in [2.24, 2.45) is 5.92 Å². The number of carboxylic acids is 1. The van der Waals surface area contributed by atoms with Gasteiger partial charge < -0.3 is 10.4 Å². The van der Waals surface area contributed by atoms with E-state index in [2.05, 4.69) is 15.4 Å². The van der Waals surface area contributed by atoms with Crippen LogP contribution in [-0.2, 0) is 9.59 Å². The molecule has 7 nitrogen and oxygen atoms in total. The molecule has 0 aliphatic heterocycles. The summed E-state index contributed by atoms with van der Waals surface area (Å²) in [5.41, 5.74) is 0. The van der Waals surface area contributed by atoms with Gasteiger partial charge in [0, 0.05) is 13.0 Å². The number of nitrogens with one attached hydrogen (secondary N) is 1. The summed E-state index contributed by atoms with van der Waals surface area (Å²) < 4.78 is 1.44. The second-order valence-electron chi connectivity index (χ2n) is 4.00. The van der Waals surface area contributed by atoms with Crippen LogP contribution >= 0.6 is 0 Å². The van der Waals surface area contributed by atoms with Gasteiger partial charge >= 0.3 is 5.97 Å². The van der Waals surface area contributed by atoms with Crippen LogP contribution in [0.15, 0.2) is 12.7 Å². The fraction of sp³-hybridized carbons (Fsp3) is 0.600. The number of aliphatic carboxylic acids is 1. The Morgan fingerprint density at radius 2 is 2.18 bits per heavy atom. The average molecular weight is 240 g/mol. The Balaban J connectivity index is 2.37. The molecule has 1 heterocycles. The number of amides is 1. The van der Waals surface area contributed by atoms with Crippen LogP contribution in [0.25, 0.3) is 0 Å². The van der Waals surface area contributed by atoms with Crippen molar-refractivity contribution in [2.45, 2.75) is 26.3 Å². The molecule has 2 atom stereocenters. The molecule has 1 aromatic rings. The Bertz CT molecular complexity index is 377. The fourth-order valence-corrected chi connectivity index (χ4v) is 1.33. The summed E-state index contributed by atoms with van der Waals surface area (Å²) in [4.78, 5) is 25.9. The van der Waals surface area contributed by atoms with Crippen molar-refractivity contribution in [3.05, 3.63) is 12.7 Å². The van der Waals surface area contributed by atoms with Gasteiger partial charge in [-0.2, -0.15) is 5.10 Å². The highest BCUT2D eigenvalue weighted by Crippen LogP contribution is 2.04. The number of hydrogen-bond donors (Lipinski definition) is 2. The summed E-state index contributed by atoms with van der Waals surface area (Å²) in [6.07, 6.45) is 2.86. The average Bonchev–Trinajstić information content (AvgIpc) is 2.77. The first-order valence-corrected chi connectivity index (χ1v) is 5.34. The number of rotatable bonds is 6. The zero-order valence-electron chi connectivity index (χ0n) is 9.83. The highest BCUT2D eigenvalue weighted by Gasteiger charge is 2.16. The molecule has 0 aliphatic carbocycles. The molecule has 1 rings (SSSR count). The normalized spacial score (nSPS) is 14.0. The number of aromatic nitrogens is 3. The molecule has 0 radical (unpaired) electrons. The van der Waals surface area contributed by atoms with Gasteiger partial charge in [-0.1, -0.05) is 6.92 Å². The number of carbonyl (C=O) groups excluding carboxylic acids is 1. The van der Waals surface area contributed by atoms with E-state index in [1.165, 1.54) is 17.3 Å². The summed E-state index contributed by atoms with van der Waals surface area (Å²) in [6.45, 7) is 3.81. The minimum absolute atomic E-state index is 0.0397. The molecular formula is C10H16N4O3. The molecule has 0 bridgehead atoms. The van der Waals surface area contributed by atoms with E-state index in [9.17, 15) is 9.59 Å². The van der Waals surface area contributed by atoms with E-state index < -0.39 is 12.0 Å². The van der Waals surface area contributed by atoms with Crippen molar-refractivity contribution < 1.29 is 14.7 Å². The number of nitrogens with zero attached hydrogens (tertiary/aromatic N) is 3. The number of carbonyl (C=O) groups is 2. The smallest absolute Gasteiger partial charge is 0.303 e. The SMILES string of the molecule is CC(CNC(=O)C(C)n1cncn1)CC(=O)O. The van der Waals surface area contributed by atoms with Crippen LogP contribution in [0.3, 0.4) is 0 Å². The Kier molecular flexibility index (Phi) is 4.62. The van der Waals surface area contributed by atoms with E-state index in [1.807, 2.05) is 0 Å². The first-order chi connectivity index (χ1) is 8.00. The molecule has 1 amide bonds. The molecule has 17 heavy (non-hydrogen) atoms. The van der Waals surface area contributed by atoms with E-state index >= 15 is 0 Å². The van der Waals surface area contributed by atoms with Crippen molar-refractivity contribution in [3.63, 3.8) is 0 Å². The molecule has 0 spiro atoms. The monoisotopic (exact) mass is 240 g/mol. The Hall–Kier alpha value is -1.92. The maximum absolute atomic E-state index is 11.7. The summed E-state index contributed by atoms with van der Waals surface area (Å²) in [6, 6.07) is -0.450. The molecule has 0 saturated carbocycles. The van der Waals surface area contributed by atoms with Crippen LogP contribution in [0.1, 0.15) is 26.3 Å². The first-order valence-electron chi connectivity index (χ1n) is 5.34. The largest absolute Gasteiger partial charge is 0.481 e. The zero-order valence-corrected chi connectivity index (χ0v) is 9.83. The van der Waals surface area contributed by atoms with Crippen LogP contribution in [0, 0.1) is 5.92 Å². The third-order valence-electron chi connectivity index (χ3n) is 2.36. The highest BCUT2D eigenvalue weighted by atomic mass is 16.4. The maximum atomic E-state index is 11.7. The van der Waals surface area contributed by atoms with Gasteiger partial charge in [0.2, 0.25) is 5.91 Å². The lowest BCUT2D eigenvalue weighted by molar-refractivity contribution is -0.138. The minimum atomic E-state index is -0.865. The number of carboxylic acid groups (broad SMARTS) is 1. The molecule has 0 saturated heterocycles. The fourth-order valence-electron chi connectivity index (χ4n) is 1.33. The van der Waals surface area contributed by atoms with Gasteiger partial charge in [-0.25, -0.2) is 9.67 Å². The lowest BCUT2D eigenvalue weighted by Crippen LogP contribution is -2.34. The zero-order chi connectivity index (χ0) is 12.8. The molecule has 2 N–H and O–H groups in total. The molecule has 2 unspecified atom stereocenters. The number of hydrogen-bond acceptors (Lipinski definition) is 4. The predicted molar refractivity (Wildman–Crippen MR) is 59.2 cm³/mol. The summed E-state index contributed by atoms with van der Waals surface area (Å²) >= 11 is 0. The van der Waals surface area contributed by atoms with Crippen LogP contribution in [0.5, 0.6) is 0 Å². The molecule has 0 aliphatic rings. The molecular weight excluding hydrogens is 224 g/mol. The van der Waals surface area contributed by atoms with Gasteiger partial charge in [-0.3, -0.25) is 9.59 Å². The van der Waals surface area contributed by atoms with Crippen LogP contribution in [-0.4, -0.2) is 38.3 Å². The van der Waals surface area contributed by atoms with Gasteiger partial charge in [-0.15, -0.1) is 0 Å². The van der Waals surface area contributed by atoms with Gasteiger partial charge in [0.1, 0.15) is 18.7 Å². The van der Waals surface area contributed by atoms with Crippen molar-refractivity contribution in [3.8, 4) is 0 Å². The van der Waals surface area contributed by atoms with Gasteiger partial charge in [0.25, 0.3) is 0 Å². The minimum Gasteiger partial charge on any atom is -0.481 e. The summed E-state index contributed by atoms with van der Waals surface area (Å²) in [5, 5.41) is 15.1. The van der Waals surface area contributed by atoms with Crippen molar-refractivity contribution >= 4 is 11.9 Å². The van der Waals surface area contributed by atoms with E-state index in [-0.39, 0.29) is 18.2 Å². The van der Waals surface area contributed by atoms with E-state index in [0.29, 0.717) is 6.54 Å². The van der Waals surface area contributed by atoms with Gasteiger partial charge in [-0.05, 0) is 12.8 Å². The van der Waals surface area contributed by atoms with E-state index in [0.717, 1.165) is 0 Å². The standard InChI is InChI=1S/C10H16N4O3/c1-7(3-9(15)16)4-12-10(17)8(2)14-6-11-5-13-14/h5-8H,3-4H2,1-2H3,(H,12,17)(H,15,16). The van der Waals surface area contributed by atoms with Crippen molar-refractivity contribution in [1.29, 1.82) is 0 Å². The topological polar surface area (TPSA) is 97.1 Å². The molecule has 7 heteroatoms. The summed E-state index contributed by atoms with van der Waals surface area (Å²) in [5.74, 6) is -1.16. The second-order valence-corrected chi connectivity index (χ2v) is 4.00. The third-order valence-corrected chi connectivity index (χ3v) is 2.36. The van der Waals surface area contributed by atoms with Crippen molar-refractivity contribution in [1.82, 2.24) is 20.1 Å². The summed E-state index contributed by atoms with van der Waals surface area (Å²) in [7, 11) is 0. The molecule has 1 aromatic heterocycles. The highest BCUT2D eigenvalue weighted by molar-refractivity contribution is 5.79. The lowest BCUT2D eigenvalue weighted by Gasteiger charge is -2.14. The van der Waals surface area contributed by atoms with E-state index in [4.69, 9.17) is 5.11 Å². The quantitative estimate of drug-likeness (QED) is 0.733. The Morgan fingerprint density at radius 1 is 1.47 bits per heavy atom. The van der Waals surface area contributed by atoms with Crippen LogP contribution in [0.4, 0.5) is 0 Å². The van der Waals surface area contributed by atoms with Gasteiger partial charge in [0.05, 0.1) is 0 Å². The Labute approximate surface area is 98.8 Å². The molecule has 0 aromatic carbocycles. The molecule has 0 fully saturated rings. The first kappa shape index (κ1) is 13.1. The van der Waals surface area contributed by atoms with Crippen LogP contribution < -0.4 is 5.32 Å². The lowest BCUT2D eigenvalue weighted by atomic mass is 10.1. The predicted octanol–water partition coefficient (Wildman–Crippen LogP) is 0.0661. The third kappa shape index (κ3) is 4.21. The Morgan fingerprint density at radius 3 is 2.71 bits per heavy atom.